The predicted octanol–water partition coefficient (Wildman–Crippen LogP) is 4.27. The van der Waals surface area contributed by atoms with Gasteiger partial charge in [-0.2, -0.15) is 0 Å². The Labute approximate surface area is 181 Å². The van der Waals surface area contributed by atoms with Gasteiger partial charge >= 0.3 is 0 Å². The summed E-state index contributed by atoms with van der Waals surface area (Å²) in [5.74, 6) is 0.800. The van der Waals surface area contributed by atoms with E-state index in [4.69, 9.17) is 14.5 Å². The molecule has 5 rings (SSSR count). The number of para-hydroxylation sites is 1. The molecule has 0 spiro atoms. The third-order valence-corrected chi connectivity index (χ3v) is 5.63. The van der Waals surface area contributed by atoms with Crippen LogP contribution in [0.25, 0.3) is 22.2 Å². The maximum atomic E-state index is 6.07. The largest absolute Gasteiger partial charge is 0.497 e. The standard InChI is InChI=1S/C25H24N4O2/c1-30-20-6-4-5-18(13-20)23-14-26-15-24(28-23)25-17-29(11-12-31-25)16-19-9-10-27-22-8-3-2-7-21(19)22/h2-10,13-15,25H,11-12,16-17H2,1H3/t25-/m1/s1. The number of ether oxygens (including phenoxy) is 2. The highest BCUT2D eigenvalue weighted by Crippen LogP contribution is 2.27. The monoisotopic (exact) mass is 412 g/mol. The molecule has 1 atom stereocenters. The number of hydrogen-bond donors (Lipinski definition) is 0. The molecule has 0 bridgehead atoms. The molecule has 3 heterocycles. The minimum absolute atomic E-state index is 0.111. The van der Waals surface area contributed by atoms with E-state index in [0.717, 1.165) is 47.9 Å². The Morgan fingerprint density at radius 2 is 2.03 bits per heavy atom. The zero-order chi connectivity index (χ0) is 21.0. The van der Waals surface area contributed by atoms with Crippen LogP contribution in [0, 0.1) is 0 Å². The van der Waals surface area contributed by atoms with Crippen LogP contribution in [0.4, 0.5) is 0 Å². The number of morpholine rings is 1. The Morgan fingerprint density at radius 3 is 2.97 bits per heavy atom. The third-order valence-electron chi connectivity index (χ3n) is 5.63. The molecule has 0 unspecified atom stereocenters. The summed E-state index contributed by atoms with van der Waals surface area (Å²) in [4.78, 5) is 16.2. The summed E-state index contributed by atoms with van der Waals surface area (Å²) >= 11 is 0. The highest BCUT2D eigenvalue weighted by Gasteiger charge is 2.24. The lowest BCUT2D eigenvalue weighted by molar-refractivity contribution is -0.0349. The summed E-state index contributed by atoms with van der Waals surface area (Å²) in [5, 5.41) is 1.20. The lowest BCUT2D eigenvalue weighted by atomic mass is 10.1. The molecule has 0 N–H and O–H groups in total. The first kappa shape index (κ1) is 19.6. The first-order valence-electron chi connectivity index (χ1n) is 10.4. The summed E-state index contributed by atoms with van der Waals surface area (Å²) in [6, 6.07) is 18.3. The van der Waals surface area contributed by atoms with Crippen molar-refractivity contribution in [2.24, 2.45) is 0 Å². The Bertz CT molecular complexity index is 1190. The molecule has 1 fully saturated rings. The molecule has 6 heteroatoms. The lowest BCUT2D eigenvalue weighted by Gasteiger charge is -2.32. The van der Waals surface area contributed by atoms with Crippen LogP contribution in [-0.4, -0.2) is 46.7 Å². The highest BCUT2D eigenvalue weighted by atomic mass is 16.5. The van der Waals surface area contributed by atoms with Gasteiger partial charge in [-0.05, 0) is 29.8 Å². The quantitative estimate of drug-likeness (QED) is 0.488. The molecule has 6 nitrogen and oxygen atoms in total. The van der Waals surface area contributed by atoms with Gasteiger partial charge in [-0.15, -0.1) is 0 Å². The summed E-state index contributed by atoms with van der Waals surface area (Å²) in [6.45, 7) is 3.17. The third kappa shape index (κ3) is 4.26. The first-order chi connectivity index (χ1) is 15.3. The van der Waals surface area contributed by atoms with E-state index in [1.165, 1.54) is 10.9 Å². The zero-order valence-electron chi connectivity index (χ0n) is 17.4. The second kappa shape index (κ2) is 8.79. The average molecular weight is 412 g/mol. The lowest BCUT2D eigenvalue weighted by Crippen LogP contribution is -2.38. The van der Waals surface area contributed by atoms with Crippen LogP contribution in [-0.2, 0) is 11.3 Å². The van der Waals surface area contributed by atoms with Crippen molar-refractivity contribution in [1.29, 1.82) is 0 Å². The van der Waals surface area contributed by atoms with Gasteiger partial charge in [-0.3, -0.25) is 14.9 Å². The minimum Gasteiger partial charge on any atom is -0.497 e. The molecule has 4 aromatic rings. The van der Waals surface area contributed by atoms with E-state index in [-0.39, 0.29) is 6.10 Å². The fraction of sp³-hybridized carbons (Fsp3) is 0.240. The molecule has 2 aromatic carbocycles. The van der Waals surface area contributed by atoms with E-state index in [2.05, 4.69) is 39.1 Å². The van der Waals surface area contributed by atoms with Crippen LogP contribution < -0.4 is 4.74 Å². The van der Waals surface area contributed by atoms with Crippen LogP contribution in [0.1, 0.15) is 17.4 Å². The number of fused-ring (bicyclic) bond motifs is 1. The first-order valence-corrected chi connectivity index (χ1v) is 10.4. The molecule has 0 radical (unpaired) electrons. The summed E-state index contributed by atoms with van der Waals surface area (Å²) < 4.78 is 11.4. The van der Waals surface area contributed by atoms with Crippen molar-refractivity contribution in [2.75, 3.05) is 26.8 Å². The fourth-order valence-electron chi connectivity index (χ4n) is 4.02. The van der Waals surface area contributed by atoms with Gasteiger partial charge in [0.1, 0.15) is 11.9 Å². The smallest absolute Gasteiger partial charge is 0.119 e. The van der Waals surface area contributed by atoms with Gasteiger partial charge in [-0.25, -0.2) is 4.98 Å². The van der Waals surface area contributed by atoms with Gasteiger partial charge in [0.2, 0.25) is 0 Å². The van der Waals surface area contributed by atoms with Crippen LogP contribution >= 0.6 is 0 Å². The van der Waals surface area contributed by atoms with Gasteiger partial charge in [0.05, 0.1) is 43.0 Å². The Balaban J connectivity index is 1.36. The fourth-order valence-corrected chi connectivity index (χ4v) is 4.02. The van der Waals surface area contributed by atoms with E-state index in [0.29, 0.717) is 6.61 Å². The van der Waals surface area contributed by atoms with Gasteiger partial charge in [0.25, 0.3) is 0 Å². The normalized spacial score (nSPS) is 17.0. The topological polar surface area (TPSA) is 60.4 Å². The minimum atomic E-state index is -0.111. The van der Waals surface area contributed by atoms with E-state index in [1.807, 2.05) is 36.5 Å². The van der Waals surface area contributed by atoms with Crippen molar-refractivity contribution in [3.05, 3.63) is 84.4 Å². The van der Waals surface area contributed by atoms with Crippen LogP contribution in [0.5, 0.6) is 5.75 Å². The molecule has 0 amide bonds. The Morgan fingerprint density at radius 1 is 1.10 bits per heavy atom. The molecule has 0 saturated carbocycles. The van der Waals surface area contributed by atoms with Gasteiger partial charge in [-0.1, -0.05) is 30.3 Å². The molecular formula is C25H24N4O2. The molecule has 1 aliphatic rings. The highest BCUT2D eigenvalue weighted by molar-refractivity contribution is 5.81. The maximum absolute atomic E-state index is 6.07. The van der Waals surface area contributed by atoms with E-state index < -0.39 is 0 Å². The molecule has 1 saturated heterocycles. The van der Waals surface area contributed by atoms with Crippen molar-refractivity contribution in [3.63, 3.8) is 0 Å². The predicted molar refractivity (Wildman–Crippen MR) is 120 cm³/mol. The van der Waals surface area contributed by atoms with Crippen LogP contribution in [0.3, 0.4) is 0 Å². The molecule has 31 heavy (non-hydrogen) atoms. The average Bonchev–Trinajstić information content (AvgIpc) is 2.85. The summed E-state index contributed by atoms with van der Waals surface area (Å²) in [5.41, 5.74) is 4.95. The molecular weight excluding hydrogens is 388 g/mol. The van der Waals surface area contributed by atoms with Crippen LogP contribution in [0.15, 0.2) is 73.2 Å². The molecule has 0 aliphatic carbocycles. The van der Waals surface area contributed by atoms with Gasteiger partial charge in [0, 0.05) is 36.8 Å². The number of rotatable bonds is 5. The Hall–Kier alpha value is -3.35. The number of aromatic nitrogens is 3. The molecule has 156 valence electrons. The van der Waals surface area contributed by atoms with Crippen LogP contribution in [0.2, 0.25) is 0 Å². The summed E-state index contributed by atoms with van der Waals surface area (Å²) in [7, 11) is 1.66. The SMILES string of the molecule is COc1cccc(-c2cncc([C@H]3CN(Cc4ccnc5ccccc45)CCO3)n2)c1. The van der Waals surface area contributed by atoms with E-state index in [9.17, 15) is 0 Å². The van der Waals surface area contributed by atoms with Crippen molar-refractivity contribution in [1.82, 2.24) is 19.9 Å². The van der Waals surface area contributed by atoms with Crippen molar-refractivity contribution in [2.45, 2.75) is 12.6 Å². The van der Waals surface area contributed by atoms with E-state index in [1.54, 1.807) is 19.5 Å². The number of nitrogens with zero attached hydrogens (tertiary/aromatic N) is 4. The number of methoxy groups -OCH3 is 1. The van der Waals surface area contributed by atoms with E-state index >= 15 is 0 Å². The van der Waals surface area contributed by atoms with Crippen molar-refractivity contribution < 1.29 is 9.47 Å². The Kier molecular flexibility index (Phi) is 5.56. The molecule has 2 aromatic heterocycles. The van der Waals surface area contributed by atoms with Crippen molar-refractivity contribution >= 4 is 10.9 Å². The van der Waals surface area contributed by atoms with Gasteiger partial charge in [0.15, 0.2) is 0 Å². The maximum Gasteiger partial charge on any atom is 0.119 e. The second-order valence-electron chi connectivity index (χ2n) is 7.64. The molecule has 1 aliphatic heterocycles. The number of benzene rings is 2. The zero-order valence-corrected chi connectivity index (χ0v) is 17.4. The number of hydrogen-bond acceptors (Lipinski definition) is 6. The summed E-state index contributed by atoms with van der Waals surface area (Å²) in [6.07, 6.45) is 5.36. The van der Waals surface area contributed by atoms with Crippen molar-refractivity contribution in [3.8, 4) is 17.0 Å². The second-order valence-corrected chi connectivity index (χ2v) is 7.64. The van der Waals surface area contributed by atoms with Gasteiger partial charge < -0.3 is 9.47 Å². The number of pyridine rings is 1.